The van der Waals surface area contributed by atoms with E-state index in [0.717, 1.165) is 12.8 Å². The van der Waals surface area contributed by atoms with Crippen LogP contribution >= 0.6 is 0 Å². The van der Waals surface area contributed by atoms with Gasteiger partial charge in [-0.15, -0.1) is 0 Å². The van der Waals surface area contributed by atoms with Crippen LogP contribution in [0.4, 0.5) is 0 Å². The zero-order chi connectivity index (χ0) is 11.6. The number of Topliss-reactive ketones (excluding diaryl/α,β-unsaturated/α-hetero) is 1. The molecule has 0 spiro atoms. The molecule has 2 bridgehead atoms. The molecule has 0 amide bonds. The molecule has 2 rings (SSSR count). The molecular formula is C10H17NO3S. The van der Waals surface area contributed by atoms with Gasteiger partial charge in [-0.1, -0.05) is 20.8 Å². The van der Waals surface area contributed by atoms with Crippen molar-refractivity contribution in [3.8, 4) is 0 Å². The van der Waals surface area contributed by atoms with Gasteiger partial charge in [-0.05, 0) is 24.2 Å². The number of carbonyl (C=O) groups excluding carboxylic acids is 1. The van der Waals surface area contributed by atoms with Crippen LogP contribution in [0.15, 0.2) is 0 Å². The SMILES string of the molecule is CC1(C)C2CC[C@]1(C)C(=O)C2S(N)(=O)=O. The molecule has 0 saturated heterocycles. The van der Waals surface area contributed by atoms with Crippen LogP contribution in [0, 0.1) is 16.7 Å². The number of hydrogen-bond donors (Lipinski definition) is 1. The van der Waals surface area contributed by atoms with Gasteiger partial charge in [0.1, 0.15) is 5.25 Å². The van der Waals surface area contributed by atoms with Crippen molar-refractivity contribution >= 4 is 15.8 Å². The van der Waals surface area contributed by atoms with Crippen molar-refractivity contribution < 1.29 is 13.2 Å². The molecule has 15 heavy (non-hydrogen) atoms. The Morgan fingerprint density at radius 1 is 1.33 bits per heavy atom. The molecule has 0 aromatic rings. The van der Waals surface area contributed by atoms with Crippen molar-refractivity contribution in [3.05, 3.63) is 0 Å². The maximum absolute atomic E-state index is 12.1. The van der Waals surface area contributed by atoms with E-state index >= 15 is 0 Å². The molecule has 0 aliphatic heterocycles. The van der Waals surface area contributed by atoms with Crippen LogP contribution < -0.4 is 5.14 Å². The molecule has 2 unspecified atom stereocenters. The fourth-order valence-corrected chi connectivity index (χ4v) is 4.87. The van der Waals surface area contributed by atoms with Gasteiger partial charge in [0.15, 0.2) is 5.78 Å². The second-order valence-corrected chi connectivity index (χ2v) is 7.26. The van der Waals surface area contributed by atoms with Crippen molar-refractivity contribution in [2.24, 2.45) is 21.9 Å². The second-order valence-electron chi connectivity index (χ2n) is 5.57. The van der Waals surface area contributed by atoms with Gasteiger partial charge in [0.2, 0.25) is 10.0 Å². The summed E-state index contributed by atoms with van der Waals surface area (Å²) in [6, 6.07) is 0. The summed E-state index contributed by atoms with van der Waals surface area (Å²) >= 11 is 0. The number of carbonyl (C=O) groups is 1. The standard InChI is InChI=1S/C10H17NO3S/c1-9(2)6-4-5-10(9,3)8(12)7(6)15(11,13)14/h6-7H,4-5H2,1-3H3,(H2,11,13,14)/t6?,7?,10-/m1/s1. The zero-order valence-electron chi connectivity index (χ0n) is 9.28. The van der Waals surface area contributed by atoms with Crippen molar-refractivity contribution in [1.82, 2.24) is 0 Å². The first-order valence-corrected chi connectivity index (χ1v) is 6.79. The average Bonchev–Trinajstić information content (AvgIpc) is 2.33. The number of rotatable bonds is 1. The Bertz CT molecular complexity index is 426. The Kier molecular flexibility index (Phi) is 1.94. The predicted octanol–water partition coefficient (Wildman–Crippen LogP) is 0.669. The van der Waals surface area contributed by atoms with Crippen LogP contribution in [0.2, 0.25) is 0 Å². The van der Waals surface area contributed by atoms with E-state index in [1.807, 2.05) is 20.8 Å². The molecule has 5 heteroatoms. The number of nitrogens with two attached hydrogens (primary N) is 1. The first kappa shape index (κ1) is 11.1. The van der Waals surface area contributed by atoms with Crippen LogP contribution in [0.25, 0.3) is 0 Å². The van der Waals surface area contributed by atoms with E-state index < -0.39 is 20.7 Å². The molecule has 0 heterocycles. The minimum atomic E-state index is -3.74. The van der Waals surface area contributed by atoms with Crippen molar-refractivity contribution in [3.63, 3.8) is 0 Å². The molecule has 2 saturated carbocycles. The number of fused-ring (bicyclic) bond motifs is 2. The average molecular weight is 231 g/mol. The summed E-state index contributed by atoms with van der Waals surface area (Å²) in [4.78, 5) is 12.1. The highest BCUT2D eigenvalue weighted by molar-refractivity contribution is 7.90. The Hall–Kier alpha value is -0.420. The lowest BCUT2D eigenvalue weighted by Gasteiger charge is -2.32. The van der Waals surface area contributed by atoms with Gasteiger partial charge in [-0.3, -0.25) is 4.79 Å². The molecule has 4 nitrogen and oxygen atoms in total. The van der Waals surface area contributed by atoms with E-state index in [-0.39, 0.29) is 17.1 Å². The van der Waals surface area contributed by atoms with E-state index in [0.29, 0.717) is 0 Å². The lowest BCUT2D eigenvalue weighted by molar-refractivity contribution is -0.127. The molecule has 2 aliphatic rings. The van der Waals surface area contributed by atoms with E-state index in [1.165, 1.54) is 0 Å². The third-order valence-electron chi connectivity index (χ3n) is 4.83. The molecular weight excluding hydrogens is 214 g/mol. The largest absolute Gasteiger partial charge is 0.298 e. The fraction of sp³-hybridized carbons (Fsp3) is 0.900. The second kappa shape index (κ2) is 2.63. The summed E-state index contributed by atoms with van der Waals surface area (Å²) in [6.07, 6.45) is 1.58. The monoisotopic (exact) mass is 231 g/mol. The summed E-state index contributed by atoms with van der Waals surface area (Å²) in [5.74, 6) is -0.281. The number of hydrogen-bond acceptors (Lipinski definition) is 3. The topological polar surface area (TPSA) is 77.2 Å². The third-order valence-corrected chi connectivity index (χ3v) is 6.08. The molecule has 0 radical (unpaired) electrons. The highest BCUT2D eigenvalue weighted by Gasteiger charge is 2.68. The maximum Gasteiger partial charge on any atom is 0.219 e. The minimum absolute atomic E-state index is 0.106. The minimum Gasteiger partial charge on any atom is -0.298 e. The highest BCUT2D eigenvalue weighted by atomic mass is 32.2. The first-order chi connectivity index (χ1) is 6.62. The summed E-state index contributed by atoms with van der Waals surface area (Å²) in [6.45, 7) is 5.84. The quantitative estimate of drug-likeness (QED) is 0.720. The fourth-order valence-electron chi connectivity index (χ4n) is 3.38. The van der Waals surface area contributed by atoms with Crippen LogP contribution in [-0.2, 0) is 14.8 Å². The van der Waals surface area contributed by atoms with Gasteiger partial charge in [-0.2, -0.15) is 0 Å². The van der Waals surface area contributed by atoms with Gasteiger partial charge in [-0.25, -0.2) is 13.6 Å². The molecule has 0 aromatic carbocycles. The lowest BCUT2D eigenvalue weighted by Crippen LogP contribution is -2.42. The zero-order valence-corrected chi connectivity index (χ0v) is 10.1. The Morgan fingerprint density at radius 3 is 2.13 bits per heavy atom. The van der Waals surface area contributed by atoms with Crippen molar-refractivity contribution in [2.75, 3.05) is 0 Å². The third kappa shape index (κ3) is 1.11. The van der Waals surface area contributed by atoms with Gasteiger partial charge in [0, 0.05) is 5.41 Å². The molecule has 2 fully saturated rings. The summed E-state index contributed by atoms with van der Waals surface area (Å²) in [5.41, 5.74) is -0.754. The molecule has 0 aromatic heterocycles. The van der Waals surface area contributed by atoms with Crippen LogP contribution in [0.3, 0.4) is 0 Å². The first-order valence-electron chi connectivity index (χ1n) is 5.18. The Labute approximate surface area is 90.3 Å². The predicted molar refractivity (Wildman–Crippen MR) is 56.5 cm³/mol. The normalized spacial score (nSPS) is 43.6. The molecule has 2 aliphatic carbocycles. The number of sulfonamides is 1. The van der Waals surface area contributed by atoms with Crippen LogP contribution in [0.1, 0.15) is 33.6 Å². The maximum atomic E-state index is 12.1. The van der Waals surface area contributed by atoms with Gasteiger partial charge in [0.05, 0.1) is 0 Å². The summed E-state index contributed by atoms with van der Waals surface area (Å²) in [5, 5.41) is 4.18. The van der Waals surface area contributed by atoms with Crippen molar-refractivity contribution in [1.29, 1.82) is 0 Å². The molecule has 86 valence electrons. The summed E-state index contributed by atoms with van der Waals surface area (Å²) < 4.78 is 22.8. The van der Waals surface area contributed by atoms with Crippen LogP contribution in [0.5, 0.6) is 0 Å². The Balaban J connectivity index is 2.57. The number of ketones is 1. The number of primary sulfonamides is 1. The smallest absolute Gasteiger partial charge is 0.219 e. The van der Waals surface area contributed by atoms with Gasteiger partial charge < -0.3 is 0 Å². The van der Waals surface area contributed by atoms with E-state index in [1.54, 1.807) is 0 Å². The lowest BCUT2D eigenvalue weighted by atomic mass is 9.70. The van der Waals surface area contributed by atoms with E-state index in [9.17, 15) is 13.2 Å². The van der Waals surface area contributed by atoms with Crippen molar-refractivity contribution in [2.45, 2.75) is 38.9 Å². The van der Waals surface area contributed by atoms with Gasteiger partial charge in [0.25, 0.3) is 0 Å². The Morgan fingerprint density at radius 2 is 1.87 bits per heavy atom. The van der Waals surface area contributed by atoms with Gasteiger partial charge >= 0.3 is 0 Å². The molecule has 3 atom stereocenters. The molecule has 2 N–H and O–H groups in total. The highest BCUT2D eigenvalue weighted by Crippen LogP contribution is 2.64. The van der Waals surface area contributed by atoms with E-state index in [4.69, 9.17) is 5.14 Å². The summed E-state index contributed by atoms with van der Waals surface area (Å²) in [7, 11) is -3.74. The van der Waals surface area contributed by atoms with E-state index in [2.05, 4.69) is 0 Å². The van der Waals surface area contributed by atoms with Crippen LogP contribution in [-0.4, -0.2) is 19.5 Å².